The van der Waals surface area contributed by atoms with Gasteiger partial charge in [0.25, 0.3) is 0 Å². The van der Waals surface area contributed by atoms with E-state index in [0.717, 1.165) is 19.5 Å². The van der Waals surface area contributed by atoms with Gasteiger partial charge in [0.2, 0.25) is 5.82 Å². The number of rotatable bonds is 3. The number of nitro groups is 1. The molecule has 19 heavy (non-hydrogen) atoms. The van der Waals surface area contributed by atoms with Gasteiger partial charge in [-0.2, -0.15) is 0 Å². The number of anilines is 1. The van der Waals surface area contributed by atoms with Crippen LogP contribution < -0.4 is 5.32 Å². The predicted octanol–water partition coefficient (Wildman–Crippen LogP) is 2.03. The third kappa shape index (κ3) is 2.40. The maximum atomic E-state index is 11.0. The van der Waals surface area contributed by atoms with Gasteiger partial charge in [-0.15, -0.1) is 0 Å². The molecule has 2 atom stereocenters. The molecule has 2 aliphatic rings. The van der Waals surface area contributed by atoms with Crippen LogP contribution in [-0.4, -0.2) is 40.0 Å². The van der Waals surface area contributed by atoms with Gasteiger partial charge in [-0.3, -0.25) is 15.0 Å². The molecule has 0 aliphatic carbocycles. The SMILES string of the molecule is O=[N+]([O-])c1cccnc1N[C@@H]1CCN2CCCC[C@@H]12. The number of nitrogens with zero attached hydrogens (tertiary/aromatic N) is 3. The fourth-order valence-electron chi connectivity index (χ4n) is 3.25. The molecular weight excluding hydrogens is 244 g/mol. The molecule has 1 aromatic rings. The van der Waals surface area contributed by atoms with Gasteiger partial charge < -0.3 is 5.32 Å². The number of aromatic nitrogens is 1. The van der Waals surface area contributed by atoms with Crippen LogP contribution in [0.1, 0.15) is 25.7 Å². The zero-order valence-electron chi connectivity index (χ0n) is 10.8. The molecule has 3 rings (SSSR count). The minimum atomic E-state index is -0.372. The Morgan fingerprint density at radius 1 is 1.37 bits per heavy atom. The third-order valence-corrected chi connectivity index (χ3v) is 4.16. The van der Waals surface area contributed by atoms with E-state index in [9.17, 15) is 10.1 Å². The largest absolute Gasteiger partial charge is 0.360 e. The van der Waals surface area contributed by atoms with E-state index in [1.807, 2.05) is 0 Å². The van der Waals surface area contributed by atoms with Crippen LogP contribution >= 0.6 is 0 Å². The molecule has 6 nitrogen and oxygen atoms in total. The van der Waals surface area contributed by atoms with Gasteiger partial charge in [-0.25, -0.2) is 4.98 Å². The molecular formula is C13H18N4O2. The van der Waals surface area contributed by atoms with Crippen molar-refractivity contribution in [3.63, 3.8) is 0 Å². The van der Waals surface area contributed by atoms with E-state index in [1.54, 1.807) is 12.3 Å². The number of fused-ring (bicyclic) bond motifs is 1. The standard InChI is InChI=1S/C13H18N4O2/c18-17(19)12-5-3-7-14-13(12)15-10-6-9-16-8-2-1-4-11(10)16/h3,5,7,10-11H,1-2,4,6,8-9H2,(H,14,15)/t10-,11+/m1/s1. The van der Waals surface area contributed by atoms with Crippen molar-refractivity contribution in [2.24, 2.45) is 0 Å². The molecule has 0 saturated carbocycles. The molecule has 0 spiro atoms. The summed E-state index contributed by atoms with van der Waals surface area (Å²) in [6, 6.07) is 3.90. The minimum absolute atomic E-state index is 0.0664. The molecule has 0 amide bonds. The summed E-state index contributed by atoms with van der Waals surface area (Å²) >= 11 is 0. The summed E-state index contributed by atoms with van der Waals surface area (Å²) in [4.78, 5) is 17.2. The van der Waals surface area contributed by atoms with Crippen molar-refractivity contribution >= 4 is 11.5 Å². The summed E-state index contributed by atoms with van der Waals surface area (Å²) in [5.41, 5.74) is 0.0664. The van der Waals surface area contributed by atoms with Crippen LogP contribution in [0.4, 0.5) is 11.5 Å². The Balaban J connectivity index is 1.76. The lowest BCUT2D eigenvalue weighted by Gasteiger charge is -2.32. The van der Waals surface area contributed by atoms with Crippen molar-refractivity contribution < 1.29 is 4.92 Å². The molecule has 0 aromatic carbocycles. The first-order valence-electron chi connectivity index (χ1n) is 6.86. The van der Waals surface area contributed by atoms with Crippen molar-refractivity contribution in [3.8, 4) is 0 Å². The Morgan fingerprint density at radius 3 is 3.11 bits per heavy atom. The Hall–Kier alpha value is -1.69. The second-order valence-corrected chi connectivity index (χ2v) is 5.27. The van der Waals surface area contributed by atoms with Crippen molar-refractivity contribution in [1.29, 1.82) is 0 Å². The highest BCUT2D eigenvalue weighted by atomic mass is 16.6. The summed E-state index contributed by atoms with van der Waals surface area (Å²) < 4.78 is 0. The van der Waals surface area contributed by atoms with Gasteiger partial charge in [0.1, 0.15) is 0 Å². The lowest BCUT2D eigenvalue weighted by atomic mass is 9.99. The molecule has 0 bridgehead atoms. The number of hydrogen-bond acceptors (Lipinski definition) is 5. The molecule has 0 radical (unpaired) electrons. The maximum absolute atomic E-state index is 11.0. The molecule has 6 heteroatoms. The second-order valence-electron chi connectivity index (χ2n) is 5.27. The Kier molecular flexibility index (Phi) is 3.33. The minimum Gasteiger partial charge on any atom is -0.360 e. The van der Waals surface area contributed by atoms with E-state index < -0.39 is 0 Å². The molecule has 2 saturated heterocycles. The van der Waals surface area contributed by atoms with Crippen LogP contribution in [0.5, 0.6) is 0 Å². The number of piperidine rings is 1. The molecule has 102 valence electrons. The van der Waals surface area contributed by atoms with Gasteiger partial charge in [-0.1, -0.05) is 6.42 Å². The third-order valence-electron chi connectivity index (χ3n) is 4.16. The number of nitrogens with one attached hydrogen (secondary N) is 1. The van der Waals surface area contributed by atoms with Crippen LogP contribution in [0.2, 0.25) is 0 Å². The lowest BCUT2D eigenvalue weighted by Crippen LogP contribution is -2.41. The van der Waals surface area contributed by atoms with Crippen molar-refractivity contribution in [2.75, 3.05) is 18.4 Å². The van der Waals surface area contributed by atoms with Crippen molar-refractivity contribution in [3.05, 3.63) is 28.4 Å². The summed E-state index contributed by atoms with van der Waals surface area (Å²) in [6.07, 6.45) is 6.34. The summed E-state index contributed by atoms with van der Waals surface area (Å²) in [5, 5.41) is 14.3. The first-order chi connectivity index (χ1) is 9.25. The van der Waals surface area contributed by atoms with Crippen LogP contribution in [0.25, 0.3) is 0 Å². The Bertz CT molecular complexity index is 479. The molecule has 2 fully saturated rings. The highest BCUT2D eigenvalue weighted by molar-refractivity contribution is 5.56. The fourth-order valence-corrected chi connectivity index (χ4v) is 3.25. The summed E-state index contributed by atoms with van der Waals surface area (Å²) in [5.74, 6) is 0.407. The van der Waals surface area contributed by atoms with Gasteiger partial charge in [0, 0.05) is 30.9 Å². The normalized spacial score (nSPS) is 26.9. The molecule has 0 unspecified atom stereocenters. The van der Waals surface area contributed by atoms with Crippen LogP contribution in [0.15, 0.2) is 18.3 Å². The maximum Gasteiger partial charge on any atom is 0.311 e. The van der Waals surface area contributed by atoms with E-state index in [0.29, 0.717) is 11.9 Å². The quantitative estimate of drug-likeness (QED) is 0.666. The highest BCUT2D eigenvalue weighted by Crippen LogP contribution is 2.31. The van der Waals surface area contributed by atoms with Crippen molar-refractivity contribution in [1.82, 2.24) is 9.88 Å². The molecule has 1 N–H and O–H groups in total. The van der Waals surface area contributed by atoms with Gasteiger partial charge in [0.15, 0.2) is 0 Å². The predicted molar refractivity (Wildman–Crippen MR) is 72.1 cm³/mol. The smallest absolute Gasteiger partial charge is 0.311 e. The van der Waals surface area contributed by atoms with Crippen LogP contribution in [-0.2, 0) is 0 Å². The Morgan fingerprint density at radius 2 is 2.26 bits per heavy atom. The zero-order valence-corrected chi connectivity index (χ0v) is 10.8. The molecule has 1 aromatic heterocycles. The van der Waals surface area contributed by atoms with Crippen LogP contribution in [0.3, 0.4) is 0 Å². The average molecular weight is 262 g/mol. The van der Waals surface area contributed by atoms with E-state index >= 15 is 0 Å². The first kappa shape index (κ1) is 12.3. The summed E-state index contributed by atoms with van der Waals surface area (Å²) in [7, 11) is 0. The van der Waals surface area contributed by atoms with E-state index in [4.69, 9.17) is 0 Å². The molecule has 3 heterocycles. The highest BCUT2D eigenvalue weighted by Gasteiger charge is 2.36. The average Bonchev–Trinajstić information content (AvgIpc) is 2.83. The van der Waals surface area contributed by atoms with Gasteiger partial charge in [0.05, 0.1) is 4.92 Å². The van der Waals surface area contributed by atoms with Crippen molar-refractivity contribution in [2.45, 2.75) is 37.8 Å². The Labute approximate surface area is 112 Å². The number of pyridine rings is 1. The lowest BCUT2D eigenvalue weighted by molar-refractivity contribution is -0.384. The van der Waals surface area contributed by atoms with E-state index in [-0.39, 0.29) is 16.7 Å². The van der Waals surface area contributed by atoms with E-state index in [1.165, 1.54) is 25.3 Å². The monoisotopic (exact) mass is 262 g/mol. The van der Waals surface area contributed by atoms with E-state index in [2.05, 4.69) is 15.2 Å². The topological polar surface area (TPSA) is 71.3 Å². The number of hydrogen-bond donors (Lipinski definition) is 1. The second kappa shape index (κ2) is 5.13. The van der Waals surface area contributed by atoms with Gasteiger partial charge in [-0.05, 0) is 31.9 Å². The van der Waals surface area contributed by atoms with Gasteiger partial charge >= 0.3 is 5.69 Å². The van der Waals surface area contributed by atoms with Crippen LogP contribution in [0, 0.1) is 10.1 Å². The first-order valence-corrected chi connectivity index (χ1v) is 6.86. The summed E-state index contributed by atoms with van der Waals surface area (Å²) in [6.45, 7) is 2.25. The zero-order chi connectivity index (χ0) is 13.2. The fraction of sp³-hybridized carbons (Fsp3) is 0.615. The molecule has 2 aliphatic heterocycles.